The molecule has 1 aromatic carbocycles. The first kappa shape index (κ1) is 25.9. The zero-order valence-corrected chi connectivity index (χ0v) is 20.1. The molecule has 0 saturated carbocycles. The van der Waals surface area contributed by atoms with Crippen LogP contribution in [0, 0.1) is 10.1 Å². The normalized spacial score (nSPS) is 11.0. The van der Waals surface area contributed by atoms with Gasteiger partial charge in [0.05, 0.1) is 22.6 Å². The Morgan fingerprint density at radius 3 is 2.58 bits per heavy atom. The summed E-state index contributed by atoms with van der Waals surface area (Å²) in [5.41, 5.74) is -2.69. The molecular weight excluding hydrogens is 526 g/mol. The molecule has 0 radical (unpaired) electrons. The maximum Gasteiger partial charge on any atom is 0.373 e. The predicted molar refractivity (Wildman–Crippen MR) is 132 cm³/mol. The van der Waals surface area contributed by atoms with E-state index in [0.717, 1.165) is 6.08 Å². The van der Waals surface area contributed by atoms with Crippen molar-refractivity contribution in [3.63, 3.8) is 0 Å². The molecule has 0 unspecified atom stereocenters. The molecule has 0 aliphatic heterocycles. The molecule has 38 heavy (non-hydrogen) atoms. The third-order valence-electron chi connectivity index (χ3n) is 5.03. The molecule has 0 bridgehead atoms. The number of carbonyl (C=O) groups is 2. The number of benzene rings is 1. The molecule has 14 heteroatoms. The highest BCUT2D eigenvalue weighted by Crippen LogP contribution is 2.28. The Morgan fingerprint density at radius 1 is 1.05 bits per heavy atom. The predicted octanol–water partition coefficient (Wildman–Crippen LogP) is 3.79. The topological polar surface area (TPSA) is 188 Å². The van der Waals surface area contributed by atoms with Crippen molar-refractivity contribution in [2.24, 2.45) is 0 Å². The largest absolute Gasteiger partial charge is 0.463 e. The first-order valence-corrected chi connectivity index (χ1v) is 11.0. The van der Waals surface area contributed by atoms with Crippen LogP contribution in [0.4, 0.5) is 5.69 Å². The zero-order valence-electron chi connectivity index (χ0n) is 19.3. The van der Waals surface area contributed by atoms with E-state index < -0.39 is 33.8 Å². The van der Waals surface area contributed by atoms with E-state index in [1.165, 1.54) is 43.5 Å². The maximum absolute atomic E-state index is 12.6. The molecule has 2 N–H and O–H groups in total. The van der Waals surface area contributed by atoms with Crippen molar-refractivity contribution in [3.05, 3.63) is 107 Å². The minimum atomic E-state index is -1.14. The van der Waals surface area contributed by atoms with Crippen LogP contribution in [0.3, 0.4) is 0 Å². The molecule has 0 saturated heterocycles. The Hall–Kier alpha value is -5.17. The number of carbonyl (C=O) groups excluding carboxylic acids is 2. The second-order valence-electron chi connectivity index (χ2n) is 7.49. The summed E-state index contributed by atoms with van der Waals surface area (Å²) in [5.74, 6) is -0.705. The molecule has 4 rings (SSSR count). The van der Waals surface area contributed by atoms with E-state index in [0.29, 0.717) is 11.3 Å². The van der Waals surface area contributed by atoms with Gasteiger partial charge in [-0.25, -0.2) is 14.4 Å². The number of ether oxygens (including phenoxy) is 2. The Bertz CT molecular complexity index is 1690. The number of aromatic amines is 2. The summed E-state index contributed by atoms with van der Waals surface area (Å²) in [6.45, 7) is -0.261. The van der Waals surface area contributed by atoms with E-state index in [9.17, 15) is 29.3 Å². The summed E-state index contributed by atoms with van der Waals surface area (Å²) < 4.78 is 20.7. The number of rotatable bonds is 8. The third kappa shape index (κ3) is 5.63. The van der Waals surface area contributed by atoms with Crippen LogP contribution in [0.2, 0.25) is 5.02 Å². The lowest BCUT2D eigenvalue weighted by molar-refractivity contribution is -0.386. The Morgan fingerprint density at radius 2 is 1.84 bits per heavy atom. The van der Waals surface area contributed by atoms with Gasteiger partial charge in [-0.15, -0.1) is 0 Å². The minimum absolute atomic E-state index is 0.0362. The second-order valence-corrected chi connectivity index (χ2v) is 7.90. The third-order valence-corrected chi connectivity index (χ3v) is 5.36. The fourth-order valence-corrected chi connectivity index (χ4v) is 3.47. The number of esters is 2. The van der Waals surface area contributed by atoms with Gasteiger partial charge in [0.2, 0.25) is 5.76 Å². The maximum atomic E-state index is 12.6. The first-order valence-electron chi connectivity index (χ1n) is 10.6. The highest BCUT2D eigenvalue weighted by molar-refractivity contribution is 6.33. The summed E-state index contributed by atoms with van der Waals surface area (Å²) >= 11 is 6.17. The number of nitrogens with one attached hydrogen (secondary N) is 2. The van der Waals surface area contributed by atoms with E-state index in [-0.39, 0.29) is 40.2 Å². The molecule has 13 nitrogen and oxygen atoms in total. The van der Waals surface area contributed by atoms with E-state index >= 15 is 0 Å². The highest BCUT2D eigenvalue weighted by Gasteiger charge is 2.20. The monoisotopic (exact) mass is 541 g/mol. The summed E-state index contributed by atoms with van der Waals surface area (Å²) in [7, 11) is 1.21. The molecule has 0 atom stereocenters. The van der Waals surface area contributed by atoms with Crippen molar-refractivity contribution < 1.29 is 32.8 Å². The van der Waals surface area contributed by atoms with Crippen molar-refractivity contribution in [3.8, 4) is 11.3 Å². The second kappa shape index (κ2) is 10.8. The SMILES string of the molecule is COC(=O)c1ccc(COC(=O)c2cc(-c3ccc(/C=C/c4[nH]c(=O)[nH]c(=O)c4[N+](=O)[O-])o3)ccc2Cl)o1. The fraction of sp³-hybridized carbons (Fsp3) is 0.0833. The van der Waals surface area contributed by atoms with Gasteiger partial charge < -0.3 is 23.3 Å². The van der Waals surface area contributed by atoms with Gasteiger partial charge in [0.15, 0.2) is 0 Å². The van der Waals surface area contributed by atoms with Crippen LogP contribution in [0.5, 0.6) is 0 Å². The summed E-state index contributed by atoms with van der Waals surface area (Å²) in [5, 5.41) is 11.3. The van der Waals surface area contributed by atoms with Crippen molar-refractivity contribution in [2.45, 2.75) is 6.61 Å². The van der Waals surface area contributed by atoms with Crippen molar-refractivity contribution in [2.75, 3.05) is 7.11 Å². The lowest BCUT2D eigenvalue weighted by Gasteiger charge is -2.07. The summed E-state index contributed by atoms with van der Waals surface area (Å²) in [6.07, 6.45) is 2.47. The average Bonchev–Trinajstić information content (AvgIpc) is 3.55. The molecular formula is C24H16ClN3O10. The molecule has 194 valence electrons. The standard InChI is InChI=1S/C24H16ClN3O10/c1-35-23(31)19-9-5-14(38-19)11-36-22(30)15-10-12(2-6-16(15)25)18-8-4-13(37-18)3-7-17-20(28(33)34)21(29)27-24(32)26-17/h2-10H,11H2,1H3,(H2,26,27,29,32)/b7-3+. The molecule has 0 amide bonds. The van der Waals surface area contributed by atoms with Crippen LogP contribution < -0.4 is 11.2 Å². The number of methoxy groups -OCH3 is 1. The minimum Gasteiger partial charge on any atom is -0.463 e. The quantitative estimate of drug-likeness (QED) is 0.188. The van der Waals surface area contributed by atoms with Crippen molar-refractivity contribution >= 4 is 41.4 Å². The first-order chi connectivity index (χ1) is 18.2. The Labute approximate surface area is 216 Å². The van der Waals surface area contributed by atoms with Crippen LogP contribution in [-0.2, 0) is 16.1 Å². The van der Waals surface area contributed by atoms with Gasteiger partial charge in [-0.3, -0.25) is 19.9 Å². The van der Waals surface area contributed by atoms with Crippen LogP contribution in [0.25, 0.3) is 23.5 Å². The van der Waals surface area contributed by atoms with E-state index in [4.69, 9.17) is 25.2 Å². The number of nitro groups is 1. The summed E-state index contributed by atoms with van der Waals surface area (Å²) in [6, 6.07) is 10.5. The van der Waals surface area contributed by atoms with Gasteiger partial charge in [0.1, 0.15) is 29.6 Å². The lowest BCUT2D eigenvalue weighted by atomic mass is 10.1. The molecule has 0 aliphatic carbocycles. The van der Waals surface area contributed by atoms with Gasteiger partial charge in [0, 0.05) is 5.56 Å². The van der Waals surface area contributed by atoms with E-state index in [2.05, 4.69) is 9.72 Å². The Balaban J connectivity index is 1.51. The van der Waals surface area contributed by atoms with Crippen LogP contribution in [-0.4, -0.2) is 33.9 Å². The molecule has 4 aromatic rings. The number of halogens is 1. The van der Waals surface area contributed by atoms with Crippen LogP contribution in [0.1, 0.15) is 38.1 Å². The number of furan rings is 2. The van der Waals surface area contributed by atoms with Gasteiger partial charge in [-0.2, -0.15) is 0 Å². The zero-order chi connectivity index (χ0) is 27.4. The lowest BCUT2D eigenvalue weighted by Crippen LogP contribution is -2.25. The van der Waals surface area contributed by atoms with Crippen LogP contribution >= 0.6 is 11.6 Å². The van der Waals surface area contributed by atoms with Gasteiger partial charge >= 0.3 is 28.9 Å². The smallest absolute Gasteiger partial charge is 0.373 e. The molecule has 0 spiro atoms. The molecule has 3 aromatic heterocycles. The van der Waals surface area contributed by atoms with Crippen LogP contribution in [0.15, 0.2) is 60.9 Å². The highest BCUT2D eigenvalue weighted by atomic mass is 35.5. The van der Waals surface area contributed by atoms with Crippen molar-refractivity contribution in [1.82, 2.24) is 9.97 Å². The number of hydrogen-bond donors (Lipinski definition) is 2. The van der Waals surface area contributed by atoms with E-state index in [1.54, 1.807) is 17.1 Å². The van der Waals surface area contributed by atoms with Gasteiger partial charge in [0.25, 0.3) is 0 Å². The average molecular weight is 542 g/mol. The number of nitrogens with zero attached hydrogens (tertiary/aromatic N) is 1. The van der Waals surface area contributed by atoms with E-state index in [1.807, 2.05) is 0 Å². The van der Waals surface area contributed by atoms with Crippen molar-refractivity contribution in [1.29, 1.82) is 0 Å². The summed E-state index contributed by atoms with van der Waals surface area (Å²) in [4.78, 5) is 61.6. The molecule has 0 fully saturated rings. The number of aromatic nitrogens is 2. The van der Waals surface area contributed by atoms with Gasteiger partial charge in [-0.1, -0.05) is 11.6 Å². The Kier molecular flexibility index (Phi) is 7.39. The fourth-order valence-electron chi connectivity index (χ4n) is 3.28. The van der Waals surface area contributed by atoms with Gasteiger partial charge in [-0.05, 0) is 54.6 Å². The number of H-pyrrole nitrogens is 2. The molecule has 0 aliphatic rings. The molecule has 3 heterocycles. The number of hydrogen-bond acceptors (Lipinski definition) is 10.